The summed E-state index contributed by atoms with van der Waals surface area (Å²) < 4.78 is 2.00. The van der Waals surface area contributed by atoms with Crippen LogP contribution in [0.1, 0.15) is 73.2 Å². The number of benzene rings is 1. The predicted molar refractivity (Wildman–Crippen MR) is 152 cm³/mol. The van der Waals surface area contributed by atoms with Crippen molar-refractivity contribution >= 4 is 29.8 Å². The molecule has 2 fully saturated rings. The number of nitriles is 1. The van der Waals surface area contributed by atoms with Crippen molar-refractivity contribution in [2.75, 3.05) is 12.4 Å². The lowest BCUT2D eigenvalue weighted by Gasteiger charge is -2.27. The van der Waals surface area contributed by atoms with Crippen LogP contribution in [-0.4, -0.2) is 56.1 Å². The predicted octanol–water partition coefficient (Wildman–Crippen LogP) is 4.45. The normalized spacial score (nSPS) is 22.6. The number of urea groups is 1. The Hall–Kier alpha value is -4.26. The number of hydrogen-bond donors (Lipinski definition) is 4. The number of rotatable bonds is 7. The Labute approximate surface area is 234 Å². The minimum Gasteiger partial charge on any atom is -0.335 e. The van der Waals surface area contributed by atoms with Crippen molar-refractivity contribution in [3.63, 3.8) is 0 Å². The maximum atomic E-state index is 12.7. The van der Waals surface area contributed by atoms with Crippen molar-refractivity contribution < 1.29 is 9.37 Å². The summed E-state index contributed by atoms with van der Waals surface area (Å²) in [4.78, 5) is 21.8. The highest BCUT2D eigenvalue weighted by molar-refractivity contribution is 5.75. The second-order valence-corrected chi connectivity index (χ2v) is 11.4. The van der Waals surface area contributed by atoms with Crippen LogP contribution in [0.4, 0.5) is 22.4 Å². The van der Waals surface area contributed by atoms with Gasteiger partial charge < -0.3 is 16.0 Å². The molecular weight excluding hydrogens is 502 g/mol. The van der Waals surface area contributed by atoms with Crippen molar-refractivity contribution in [2.45, 2.75) is 75.8 Å². The van der Waals surface area contributed by atoms with Gasteiger partial charge in [-0.3, -0.25) is 5.10 Å². The number of carbonyl (C=O) groups excluding carboxylic acids is 1. The number of hydrogen-bond acceptors (Lipinski definition) is 6. The van der Waals surface area contributed by atoms with Gasteiger partial charge in [-0.1, -0.05) is 17.5 Å². The van der Waals surface area contributed by atoms with Gasteiger partial charge in [-0.25, -0.2) is 9.37 Å². The Morgan fingerprint density at radius 2 is 1.82 bits per heavy atom. The van der Waals surface area contributed by atoms with Crippen LogP contribution in [-0.2, 0) is 12.8 Å². The van der Waals surface area contributed by atoms with Crippen LogP contribution in [0.15, 0.2) is 36.5 Å². The van der Waals surface area contributed by atoms with Crippen molar-refractivity contribution in [3.8, 4) is 6.07 Å². The van der Waals surface area contributed by atoms with Crippen LogP contribution in [0.5, 0.6) is 0 Å². The Kier molecular flexibility index (Phi) is 7.45. The second-order valence-electron chi connectivity index (χ2n) is 11.4. The topological polar surface area (TPSA) is 134 Å². The summed E-state index contributed by atoms with van der Waals surface area (Å²) >= 11 is 0. The summed E-state index contributed by atoms with van der Waals surface area (Å²) in [7, 11) is 1.99. The van der Waals surface area contributed by atoms with Crippen LogP contribution in [0.2, 0.25) is 0 Å². The molecule has 1 atom stereocenters. The first-order valence-corrected chi connectivity index (χ1v) is 14.3. The van der Waals surface area contributed by atoms with E-state index < -0.39 is 0 Å². The Morgan fingerprint density at radius 1 is 1.02 bits per heavy atom. The lowest BCUT2D eigenvalue weighted by molar-refractivity contribution is -0.411. The summed E-state index contributed by atoms with van der Waals surface area (Å²) in [6, 6.07) is 12.1. The number of nitrogens with zero attached hydrogens (tertiary/aromatic N) is 5. The first kappa shape index (κ1) is 26.0. The minimum absolute atomic E-state index is 0.0744. The van der Waals surface area contributed by atoms with Crippen molar-refractivity contribution in [2.24, 2.45) is 5.92 Å². The van der Waals surface area contributed by atoms with E-state index >= 15 is 0 Å². The van der Waals surface area contributed by atoms with Crippen LogP contribution >= 0.6 is 0 Å². The molecule has 3 aliphatic carbocycles. The number of aromatic amines is 1. The molecule has 10 nitrogen and oxygen atoms in total. The molecule has 0 saturated heterocycles. The lowest BCUT2D eigenvalue weighted by Crippen LogP contribution is -2.47. The lowest BCUT2D eigenvalue weighted by atomic mass is 9.83. The molecule has 0 bridgehead atoms. The molecule has 40 heavy (non-hydrogen) atoms. The van der Waals surface area contributed by atoms with Gasteiger partial charge in [0.15, 0.2) is 5.82 Å². The largest absolute Gasteiger partial charge is 0.434 e. The fourth-order valence-electron chi connectivity index (χ4n) is 6.05. The summed E-state index contributed by atoms with van der Waals surface area (Å²) in [6.07, 6.45) is 13.2. The average Bonchev–Trinajstić information content (AvgIpc) is 3.54. The van der Waals surface area contributed by atoms with Gasteiger partial charge >= 0.3 is 12.0 Å². The van der Waals surface area contributed by atoms with Crippen LogP contribution in [0.3, 0.4) is 0 Å². The third kappa shape index (κ3) is 5.98. The maximum Gasteiger partial charge on any atom is 0.434 e. The third-order valence-corrected chi connectivity index (χ3v) is 8.50. The van der Waals surface area contributed by atoms with Crippen LogP contribution in [0.25, 0.3) is 0 Å². The van der Waals surface area contributed by atoms with Gasteiger partial charge in [0, 0.05) is 48.0 Å². The maximum absolute atomic E-state index is 12.7. The summed E-state index contributed by atoms with van der Waals surface area (Å²) in [5, 5.41) is 26.3. The molecule has 0 spiro atoms. The molecule has 1 aromatic carbocycles. The second kappa shape index (κ2) is 11.5. The van der Waals surface area contributed by atoms with Crippen LogP contribution in [0, 0.1) is 17.2 Å². The highest BCUT2D eigenvalue weighted by atomic mass is 16.2. The number of carbonyl (C=O) groups is 1. The van der Waals surface area contributed by atoms with E-state index in [1.807, 2.05) is 35.9 Å². The van der Waals surface area contributed by atoms with Gasteiger partial charge in [0.25, 0.3) is 0 Å². The summed E-state index contributed by atoms with van der Waals surface area (Å²) in [5.74, 6) is 3.14. The number of aromatic nitrogens is 4. The molecule has 1 unspecified atom stereocenters. The van der Waals surface area contributed by atoms with E-state index in [9.17, 15) is 4.79 Å². The molecular formula is C30H36N9O+. The van der Waals surface area contributed by atoms with Crippen LogP contribution < -0.4 is 16.0 Å². The average molecular weight is 539 g/mol. The van der Waals surface area contributed by atoms with Crippen molar-refractivity contribution in [1.82, 2.24) is 30.8 Å². The smallest absolute Gasteiger partial charge is 0.335 e. The van der Waals surface area contributed by atoms with Gasteiger partial charge in [0.05, 0.1) is 18.7 Å². The van der Waals surface area contributed by atoms with E-state index in [0.717, 1.165) is 49.9 Å². The van der Waals surface area contributed by atoms with Crippen molar-refractivity contribution in [1.29, 1.82) is 5.26 Å². The third-order valence-electron chi connectivity index (χ3n) is 8.50. The zero-order valence-corrected chi connectivity index (χ0v) is 22.9. The molecule has 2 aromatic heterocycles. The van der Waals surface area contributed by atoms with E-state index in [1.165, 1.54) is 30.5 Å². The molecule has 2 saturated carbocycles. The molecule has 0 radical (unpaired) electrons. The standard InChI is InChI=1S/C30H35N9O/c1-39(29-32-12-11-27(36-29)35-28-16-26(37-38-28)21-3-2-4-21)18-19-6-9-24(10-7-19)33-30(40)34-25-14-22-8-5-20(17-31)13-23(22)15-25/h5,8,11-13,16,18-19,21,24-25H,2-4,6-7,9-10,14-15H2,1H3,(H3-,32,33,34,35,36,37,38,40)/p+1/b39-18+. The summed E-state index contributed by atoms with van der Waals surface area (Å²) in [6.45, 7) is 0. The molecule has 6 rings (SSSR count). The molecule has 3 aromatic rings. The zero-order valence-electron chi connectivity index (χ0n) is 22.9. The number of anilines is 2. The number of fused-ring (bicyclic) bond motifs is 1. The molecule has 10 heteroatoms. The quantitative estimate of drug-likeness (QED) is 0.259. The van der Waals surface area contributed by atoms with Gasteiger partial charge in [0.1, 0.15) is 6.20 Å². The molecule has 3 aliphatic rings. The van der Waals surface area contributed by atoms with Gasteiger partial charge in [0.2, 0.25) is 5.82 Å². The zero-order chi connectivity index (χ0) is 27.5. The number of nitrogens with one attached hydrogen (secondary N) is 4. The fourth-order valence-corrected chi connectivity index (χ4v) is 6.05. The highest BCUT2D eigenvalue weighted by Gasteiger charge is 2.27. The Balaban J connectivity index is 0.968. The molecule has 2 amide bonds. The molecule has 2 heterocycles. The van der Waals surface area contributed by atoms with Gasteiger partial charge in [-0.2, -0.15) is 10.4 Å². The highest BCUT2D eigenvalue weighted by Crippen LogP contribution is 2.36. The van der Waals surface area contributed by atoms with E-state index in [2.05, 4.69) is 54.5 Å². The van der Waals surface area contributed by atoms with E-state index in [-0.39, 0.29) is 18.1 Å². The van der Waals surface area contributed by atoms with Gasteiger partial charge in [-0.15, -0.1) is 0 Å². The van der Waals surface area contributed by atoms with E-state index in [1.54, 1.807) is 6.20 Å². The fraction of sp³-hybridized carbons (Fsp3) is 0.467. The molecule has 4 N–H and O–H groups in total. The monoisotopic (exact) mass is 538 g/mol. The van der Waals surface area contributed by atoms with Crippen molar-refractivity contribution in [3.05, 3.63) is 58.9 Å². The molecule has 206 valence electrons. The first-order chi connectivity index (χ1) is 19.5. The Bertz CT molecular complexity index is 1440. The van der Waals surface area contributed by atoms with E-state index in [0.29, 0.717) is 29.2 Å². The van der Waals surface area contributed by atoms with Gasteiger partial charge in [-0.05, 0) is 79.6 Å². The van der Waals surface area contributed by atoms with E-state index in [4.69, 9.17) is 5.26 Å². The SMILES string of the molecule is C/[N+](=C\C1CCC(NC(=O)NC2Cc3ccc(C#N)cc3C2)CC1)c1nccc(Nc2cc(C3CCC3)[nH]n2)n1. The molecule has 0 aliphatic heterocycles. The number of H-pyrrole nitrogens is 1. The number of amides is 2. The summed E-state index contributed by atoms with van der Waals surface area (Å²) in [5.41, 5.74) is 4.24. The first-order valence-electron chi connectivity index (χ1n) is 14.3. The minimum atomic E-state index is -0.0997. The Morgan fingerprint density at radius 3 is 2.60 bits per heavy atom.